The van der Waals surface area contributed by atoms with Crippen molar-refractivity contribution in [3.63, 3.8) is 0 Å². The molecule has 0 aliphatic rings. The summed E-state index contributed by atoms with van der Waals surface area (Å²) in [4.78, 5) is 24.6. The van der Waals surface area contributed by atoms with Crippen molar-refractivity contribution in [3.05, 3.63) is 59.7 Å². The van der Waals surface area contributed by atoms with E-state index in [-0.39, 0.29) is 11.8 Å². The van der Waals surface area contributed by atoms with E-state index in [9.17, 15) is 9.59 Å². The summed E-state index contributed by atoms with van der Waals surface area (Å²) in [5, 5.41) is 5.71. The summed E-state index contributed by atoms with van der Waals surface area (Å²) in [5.74, 6) is 0.400. The van der Waals surface area contributed by atoms with Gasteiger partial charge in [0.15, 0.2) is 0 Å². The second-order valence-electron chi connectivity index (χ2n) is 6.37. The molecule has 0 spiro atoms. The number of rotatable bonds is 10. The Bertz CT molecular complexity index is 741. The van der Waals surface area contributed by atoms with Crippen LogP contribution in [0.5, 0.6) is 5.75 Å². The van der Waals surface area contributed by atoms with Crippen LogP contribution in [0.3, 0.4) is 0 Å². The van der Waals surface area contributed by atoms with Crippen molar-refractivity contribution in [2.75, 3.05) is 18.5 Å². The summed E-state index contributed by atoms with van der Waals surface area (Å²) in [7, 11) is 0. The van der Waals surface area contributed by atoms with Gasteiger partial charge in [0.25, 0.3) is 11.8 Å². The van der Waals surface area contributed by atoms with Crippen LogP contribution in [0.2, 0.25) is 0 Å². The standard InChI is InChI=1S/C22H28N2O3/c1-3-5-14-23-21(25)18-8-7-9-19(16-18)24-22(26)17-10-12-20(13-11-17)27-15-6-4-2/h7-13,16H,3-6,14-15H2,1-2H3,(H,23,25)(H,24,26). The maximum Gasteiger partial charge on any atom is 0.255 e. The number of benzene rings is 2. The molecule has 0 atom stereocenters. The zero-order chi connectivity index (χ0) is 19.5. The van der Waals surface area contributed by atoms with Gasteiger partial charge in [-0.2, -0.15) is 0 Å². The third-order valence-electron chi connectivity index (χ3n) is 4.08. The number of ether oxygens (including phenoxy) is 1. The van der Waals surface area contributed by atoms with Gasteiger partial charge in [0, 0.05) is 23.4 Å². The molecule has 0 fully saturated rings. The number of hydrogen-bond donors (Lipinski definition) is 2. The topological polar surface area (TPSA) is 67.4 Å². The van der Waals surface area contributed by atoms with Crippen LogP contribution in [-0.4, -0.2) is 25.0 Å². The van der Waals surface area contributed by atoms with E-state index in [2.05, 4.69) is 24.5 Å². The van der Waals surface area contributed by atoms with Gasteiger partial charge < -0.3 is 15.4 Å². The summed E-state index contributed by atoms with van der Waals surface area (Å²) in [6, 6.07) is 14.0. The van der Waals surface area contributed by atoms with Gasteiger partial charge in [-0.05, 0) is 55.3 Å². The van der Waals surface area contributed by atoms with Crippen LogP contribution in [0.15, 0.2) is 48.5 Å². The van der Waals surface area contributed by atoms with Crippen molar-refractivity contribution in [1.82, 2.24) is 5.32 Å². The highest BCUT2D eigenvalue weighted by Crippen LogP contribution is 2.16. The predicted molar refractivity (Wildman–Crippen MR) is 108 cm³/mol. The number of carbonyl (C=O) groups is 2. The normalized spacial score (nSPS) is 10.3. The minimum Gasteiger partial charge on any atom is -0.494 e. The number of carbonyl (C=O) groups excluding carboxylic acids is 2. The average molecular weight is 368 g/mol. The van der Waals surface area contributed by atoms with Crippen LogP contribution in [-0.2, 0) is 0 Å². The van der Waals surface area contributed by atoms with E-state index in [0.29, 0.717) is 30.0 Å². The molecule has 0 aromatic heterocycles. The van der Waals surface area contributed by atoms with Crippen molar-refractivity contribution in [2.24, 2.45) is 0 Å². The lowest BCUT2D eigenvalue weighted by Gasteiger charge is -2.09. The number of hydrogen-bond acceptors (Lipinski definition) is 3. The molecule has 0 unspecified atom stereocenters. The summed E-state index contributed by atoms with van der Waals surface area (Å²) >= 11 is 0. The molecule has 2 N–H and O–H groups in total. The first-order valence-corrected chi connectivity index (χ1v) is 9.56. The molecule has 0 saturated heterocycles. The molecule has 0 aliphatic heterocycles. The Morgan fingerprint density at radius 2 is 1.63 bits per heavy atom. The number of nitrogens with one attached hydrogen (secondary N) is 2. The Balaban J connectivity index is 1.95. The highest BCUT2D eigenvalue weighted by Gasteiger charge is 2.09. The largest absolute Gasteiger partial charge is 0.494 e. The molecule has 0 aliphatic carbocycles. The van der Waals surface area contributed by atoms with E-state index in [0.717, 1.165) is 31.4 Å². The van der Waals surface area contributed by atoms with Gasteiger partial charge in [-0.25, -0.2) is 0 Å². The van der Waals surface area contributed by atoms with E-state index in [1.165, 1.54) is 0 Å². The van der Waals surface area contributed by atoms with Crippen LogP contribution >= 0.6 is 0 Å². The van der Waals surface area contributed by atoms with E-state index in [1.807, 2.05) is 0 Å². The van der Waals surface area contributed by atoms with Crippen LogP contribution in [0.1, 0.15) is 60.2 Å². The molecule has 0 bridgehead atoms. The third kappa shape index (κ3) is 6.77. The maximum absolute atomic E-state index is 12.4. The first kappa shape index (κ1) is 20.5. The zero-order valence-corrected chi connectivity index (χ0v) is 16.1. The molecule has 5 heteroatoms. The predicted octanol–water partition coefficient (Wildman–Crippen LogP) is 4.65. The summed E-state index contributed by atoms with van der Waals surface area (Å²) in [6.45, 7) is 5.51. The minimum atomic E-state index is -0.223. The lowest BCUT2D eigenvalue weighted by Crippen LogP contribution is -2.24. The highest BCUT2D eigenvalue weighted by atomic mass is 16.5. The second-order valence-corrected chi connectivity index (χ2v) is 6.37. The average Bonchev–Trinajstić information content (AvgIpc) is 2.69. The zero-order valence-electron chi connectivity index (χ0n) is 16.1. The van der Waals surface area contributed by atoms with E-state index < -0.39 is 0 Å². The third-order valence-corrected chi connectivity index (χ3v) is 4.08. The van der Waals surface area contributed by atoms with Gasteiger partial charge in [-0.3, -0.25) is 9.59 Å². The fourth-order valence-corrected chi connectivity index (χ4v) is 2.46. The van der Waals surface area contributed by atoms with Crippen LogP contribution < -0.4 is 15.4 Å². The van der Waals surface area contributed by atoms with Gasteiger partial charge in [0.1, 0.15) is 5.75 Å². The first-order chi connectivity index (χ1) is 13.1. The van der Waals surface area contributed by atoms with Crippen LogP contribution in [0.25, 0.3) is 0 Å². The van der Waals surface area contributed by atoms with Gasteiger partial charge >= 0.3 is 0 Å². The van der Waals surface area contributed by atoms with E-state index in [4.69, 9.17) is 4.74 Å². The fourth-order valence-electron chi connectivity index (χ4n) is 2.46. The molecule has 2 rings (SSSR count). The Morgan fingerprint density at radius 3 is 2.33 bits per heavy atom. The van der Waals surface area contributed by atoms with Crippen LogP contribution in [0.4, 0.5) is 5.69 Å². The molecule has 2 amide bonds. The van der Waals surface area contributed by atoms with Crippen molar-refractivity contribution >= 4 is 17.5 Å². The van der Waals surface area contributed by atoms with Gasteiger partial charge in [0.2, 0.25) is 0 Å². The molecule has 144 valence electrons. The molecular formula is C22H28N2O3. The van der Waals surface area contributed by atoms with Crippen molar-refractivity contribution in [2.45, 2.75) is 39.5 Å². The van der Waals surface area contributed by atoms with Gasteiger partial charge in [0.05, 0.1) is 6.61 Å². The number of anilines is 1. The summed E-state index contributed by atoms with van der Waals surface area (Å²) in [5.41, 5.74) is 1.66. The SMILES string of the molecule is CCCCNC(=O)c1cccc(NC(=O)c2ccc(OCCCC)cc2)c1. The monoisotopic (exact) mass is 368 g/mol. The van der Waals surface area contributed by atoms with E-state index in [1.54, 1.807) is 48.5 Å². The Hall–Kier alpha value is -2.82. The van der Waals surface area contributed by atoms with Crippen molar-refractivity contribution in [3.8, 4) is 5.75 Å². The highest BCUT2D eigenvalue weighted by molar-refractivity contribution is 6.05. The second kappa shape index (κ2) is 11.0. The molecule has 0 heterocycles. The molecule has 0 saturated carbocycles. The summed E-state index contributed by atoms with van der Waals surface area (Å²) in [6.07, 6.45) is 4.06. The Labute approximate surface area is 161 Å². The van der Waals surface area contributed by atoms with Gasteiger partial charge in [-0.1, -0.05) is 32.8 Å². The molecule has 5 nitrogen and oxygen atoms in total. The molecule has 2 aromatic rings. The Kier molecular flexibility index (Phi) is 8.36. The molecule has 2 aromatic carbocycles. The van der Waals surface area contributed by atoms with Crippen molar-refractivity contribution < 1.29 is 14.3 Å². The molecule has 27 heavy (non-hydrogen) atoms. The molecule has 0 radical (unpaired) electrons. The van der Waals surface area contributed by atoms with Crippen LogP contribution in [0, 0.1) is 0 Å². The lowest BCUT2D eigenvalue weighted by atomic mass is 10.1. The van der Waals surface area contributed by atoms with Crippen molar-refractivity contribution in [1.29, 1.82) is 0 Å². The quantitative estimate of drug-likeness (QED) is 0.600. The first-order valence-electron chi connectivity index (χ1n) is 9.56. The lowest BCUT2D eigenvalue weighted by molar-refractivity contribution is 0.0951. The Morgan fingerprint density at radius 1 is 0.889 bits per heavy atom. The summed E-state index contributed by atoms with van der Waals surface area (Å²) < 4.78 is 5.61. The number of unbranched alkanes of at least 4 members (excludes halogenated alkanes) is 2. The van der Waals surface area contributed by atoms with Gasteiger partial charge in [-0.15, -0.1) is 0 Å². The van der Waals surface area contributed by atoms with E-state index >= 15 is 0 Å². The smallest absolute Gasteiger partial charge is 0.255 e. The maximum atomic E-state index is 12.4. The minimum absolute atomic E-state index is 0.131. The fraction of sp³-hybridized carbons (Fsp3) is 0.364. The molecular weight excluding hydrogens is 340 g/mol. The number of amides is 2.